The Morgan fingerprint density at radius 1 is 1.47 bits per heavy atom. The standard InChI is InChI=1S/C9H12N3S2.2CH3.In/c1-7(11-12-9(13)14-2)8-5-3-4-6-10-8;;;/h3-5H,6H2,1-2H3,(H,12,13);2*1H3;/q-1;;;/p-1. The number of hydrogen-bond donors (Lipinski definition) is 0. The van der Waals surface area contributed by atoms with Crippen molar-refractivity contribution in [1.82, 2.24) is 0 Å². The zero-order chi connectivity index (χ0) is 13.1. The molecule has 3 nitrogen and oxygen atoms in total. The number of allylic oxidation sites excluding steroid dienone is 3. The van der Waals surface area contributed by atoms with Gasteiger partial charge in [0.05, 0.1) is 0 Å². The van der Waals surface area contributed by atoms with E-state index in [0.29, 0.717) is 10.9 Å². The summed E-state index contributed by atoms with van der Waals surface area (Å²) >= 11 is 6.42. The Labute approximate surface area is 125 Å². The molecule has 0 amide bonds. The van der Waals surface area contributed by atoms with Crippen molar-refractivity contribution in [2.45, 2.75) is 16.3 Å². The van der Waals surface area contributed by atoms with Crippen molar-refractivity contribution >= 4 is 57.4 Å². The van der Waals surface area contributed by atoms with E-state index in [4.69, 9.17) is 12.6 Å². The Morgan fingerprint density at radius 3 is 2.59 bits per heavy atom. The Bertz CT molecular complexity index is 336. The van der Waals surface area contributed by atoms with E-state index in [0.717, 1.165) is 11.4 Å². The molecule has 0 bridgehead atoms. The van der Waals surface area contributed by atoms with Gasteiger partial charge in [-0.2, -0.15) is 10.2 Å². The maximum absolute atomic E-state index is 4.90. The van der Waals surface area contributed by atoms with Crippen molar-refractivity contribution in [2.75, 3.05) is 12.8 Å². The molecular weight excluding hydrogens is 353 g/mol. The van der Waals surface area contributed by atoms with Gasteiger partial charge >= 0.3 is 32.3 Å². The first kappa shape index (κ1) is 17.1. The molecule has 0 saturated carbocycles. The summed E-state index contributed by atoms with van der Waals surface area (Å²) in [6, 6.07) is 0. The summed E-state index contributed by atoms with van der Waals surface area (Å²) in [5.74, 6) is 0. The molecule has 0 fully saturated rings. The van der Waals surface area contributed by atoms with Crippen LogP contribution in [0.25, 0.3) is 5.32 Å². The normalized spacial score (nSPS) is 15.4. The quantitative estimate of drug-likeness (QED) is 0.324. The molecule has 1 aliphatic heterocycles. The molecule has 1 rings (SSSR count). The molecule has 0 aliphatic carbocycles. The van der Waals surface area contributed by atoms with Gasteiger partial charge in [-0.15, -0.1) is 30.1 Å². The number of hydrogen-bond acceptors (Lipinski definition) is 4. The molecule has 1 aliphatic rings. The summed E-state index contributed by atoms with van der Waals surface area (Å²) in [6.07, 6.45) is 7.75. The van der Waals surface area contributed by atoms with Crippen LogP contribution in [0.4, 0.5) is 0 Å². The van der Waals surface area contributed by atoms with Gasteiger partial charge in [0, 0.05) is 5.71 Å². The monoisotopic (exact) mass is 370 g/mol. The Kier molecular flexibility index (Phi) is 11.2. The first-order valence-corrected chi connectivity index (χ1v) is 13.5. The second-order valence-corrected chi connectivity index (χ2v) is 7.89. The number of thioether (sulfide) groups is 1. The van der Waals surface area contributed by atoms with E-state index in [2.05, 4.69) is 24.9 Å². The van der Waals surface area contributed by atoms with Gasteiger partial charge in [0.1, 0.15) is 0 Å². The first-order chi connectivity index (χ1) is 8.15. The molecule has 0 unspecified atom stereocenters. The zero-order valence-electron chi connectivity index (χ0n) is 10.7. The number of nitrogens with zero attached hydrogens (tertiary/aromatic N) is 3. The second kappa shape index (κ2) is 11.2. The molecule has 0 aromatic rings. The Balaban J connectivity index is 0.000000770. The van der Waals surface area contributed by atoms with E-state index < -0.39 is 0 Å². The van der Waals surface area contributed by atoms with Gasteiger partial charge in [-0.3, -0.25) is 0 Å². The summed E-state index contributed by atoms with van der Waals surface area (Å²) in [5.41, 5.74) is 1.67. The fourth-order valence-corrected chi connectivity index (χ4v) is 1.03. The van der Waals surface area contributed by atoms with Crippen LogP contribution in [0.1, 0.15) is 6.92 Å². The van der Waals surface area contributed by atoms with Crippen LogP contribution in [-0.2, 0) is 12.6 Å². The molecule has 0 aromatic heterocycles. The van der Waals surface area contributed by atoms with Crippen LogP contribution < -0.4 is 0 Å². The average Bonchev–Trinajstić information content (AvgIpc) is 2.37. The van der Waals surface area contributed by atoms with Gasteiger partial charge in [0.15, 0.2) is 0 Å². The minimum atomic E-state index is 0.110. The van der Waals surface area contributed by atoms with E-state index in [9.17, 15) is 0 Å². The summed E-state index contributed by atoms with van der Waals surface area (Å²) < 4.78 is 5.17. The second-order valence-electron chi connectivity index (χ2n) is 3.15. The van der Waals surface area contributed by atoms with Crippen LogP contribution in [0.5, 0.6) is 0 Å². The van der Waals surface area contributed by atoms with Gasteiger partial charge in [0.25, 0.3) is 0 Å². The predicted molar refractivity (Wildman–Crippen MR) is 84.4 cm³/mol. The Hall–Kier alpha value is 0.0601. The molecular formula is C11H17InN3S2-2. The molecule has 1 radical (unpaired) electrons. The van der Waals surface area contributed by atoms with E-state index in [1.807, 2.05) is 31.4 Å². The van der Waals surface area contributed by atoms with Gasteiger partial charge < -0.3 is 17.9 Å². The van der Waals surface area contributed by atoms with Gasteiger partial charge in [-0.25, -0.2) is 0 Å². The van der Waals surface area contributed by atoms with Crippen molar-refractivity contribution in [3.05, 3.63) is 29.2 Å². The van der Waals surface area contributed by atoms with Gasteiger partial charge in [-0.1, -0.05) is 12.2 Å². The third-order valence-electron chi connectivity index (χ3n) is 1.58. The van der Waals surface area contributed by atoms with Crippen LogP contribution in [0, 0.1) is 0 Å². The first-order valence-electron chi connectivity index (χ1n) is 5.27. The summed E-state index contributed by atoms with van der Waals surface area (Å²) in [4.78, 5) is 0. The molecule has 0 aromatic carbocycles. The van der Waals surface area contributed by atoms with Crippen molar-refractivity contribution in [1.29, 1.82) is 0 Å². The third-order valence-corrected chi connectivity index (χ3v) is 2.60. The predicted octanol–water partition coefficient (Wildman–Crippen LogP) is 3.24. The van der Waals surface area contributed by atoms with E-state index in [-0.39, 0.29) is 22.9 Å². The molecule has 93 valence electrons. The zero-order valence-corrected chi connectivity index (χ0v) is 15.6. The van der Waals surface area contributed by atoms with E-state index >= 15 is 0 Å². The van der Waals surface area contributed by atoms with Gasteiger partial charge in [0.2, 0.25) is 0 Å². The summed E-state index contributed by atoms with van der Waals surface area (Å²) in [7, 11) is 0. The van der Waals surface area contributed by atoms with Crippen LogP contribution in [-0.4, -0.2) is 45.8 Å². The molecule has 17 heavy (non-hydrogen) atoms. The SMILES string of the molecule is CSC([S-])=NN=C(C)C1=CC=CC[N-]1.[CH3][In][CH3]. The molecule has 0 N–H and O–H groups in total. The topological polar surface area (TPSA) is 38.8 Å². The van der Waals surface area contributed by atoms with Crippen LogP contribution in [0.3, 0.4) is 0 Å². The van der Waals surface area contributed by atoms with Crippen molar-refractivity contribution < 1.29 is 0 Å². The van der Waals surface area contributed by atoms with Crippen molar-refractivity contribution in [3.63, 3.8) is 0 Å². The fourth-order valence-electron chi connectivity index (χ4n) is 0.867. The van der Waals surface area contributed by atoms with Crippen LogP contribution in [0.2, 0.25) is 9.36 Å². The average molecular weight is 370 g/mol. The van der Waals surface area contributed by atoms with Crippen molar-refractivity contribution in [3.8, 4) is 0 Å². The van der Waals surface area contributed by atoms with Crippen LogP contribution >= 0.6 is 11.8 Å². The maximum atomic E-state index is 4.90. The molecule has 0 spiro atoms. The Morgan fingerprint density at radius 2 is 2.12 bits per heavy atom. The van der Waals surface area contributed by atoms with E-state index in [1.54, 1.807) is 0 Å². The molecule has 0 atom stereocenters. The minimum absolute atomic E-state index is 0.110. The summed E-state index contributed by atoms with van der Waals surface area (Å²) in [6.45, 7) is 2.59. The summed E-state index contributed by atoms with van der Waals surface area (Å²) in [5, 5.41) is 12.1. The number of rotatable bonds is 2. The van der Waals surface area contributed by atoms with E-state index in [1.165, 1.54) is 11.8 Å². The van der Waals surface area contributed by atoms with Gasteiger partial charge in [-0.05, 0) is 17.6 Å². The van der Waals surface area contributed by atoms with Crippen molar-refractivity contribution in [2.24, 2.45) is 10.2 Å². The van der Waals surface area contributed by atoms with Crippen LogP contribution in [0.15, 0.2) is 34.1 Å². The fraction of sp³-hybridized carbons (Fsp3) is 0.455. The molecule has 0 saturated heterocycles. The molecule has 6 heteroatoms. The molecule has 1 heterocycles. The third kappa shape index (κ3) is 8.74.